The van der Waals surface area contributed by atoms with Crippen molar-refractivity contribution in [3.05, 3.63) is 64.2 Å². The fraction of sp³-hybridized carbons (Fsp3) is 0.481. The molecule has 1 unspecified atom stereocenters. The number of nitrogens with one attached hydrogen (secondary N) is 1. The maximum Gasteiger partial charge on any atom is 0.251 e. The Balaban J connectivity index is 1.98. The maximum absolute atomic E-state index is 13.7. The van der Waals surface area contributed by atoms with Crippen LogP contribution in [0.2, 0.25) is 0 Å². The van der Waals surface area contributed by atoms with E-state index in [1.807, 2.05) is 50.8 Å². The summed E-state index contributed by atoms with van der Waals surface area (Å²) in [4.78, 5) is 29.1. The van der Waals surface area contributed by atoms with Crippen molar-refractivity contribution >= 4 is 17.5 Å². The smallest absolute Gasteiger partial charge is 0.251 e. The minimum atomic E-state index is -0.613. The molecule has 31 heavy (non-hydrogen) atoms. The summed E-state index contributed by atoms with van der Waals surface area (Å²) < 4.78 is 0. The Kier molecular flexibility index (Phi) is 6.88. The Labute approximate surface area is 187 Å². The maximum atomic E-state index is 13.7. The second-order valence-electron chi connectivity index (χ2n) is 9.60. The number of unbranched alkanes of at least 4 members (excludes halogenated alkanes) is 1. The third-order valence-corrected chi connectivity index (χ3v) is 6.45. The Morgan fingerprint density at radius 3 is 2.39 bits per heavy atom. The van der Waals surface area contributed by atoms with Gasteiger partial charge in [-0.2, -0.15) is 0 Å². The molecule has 2 aromatic rings. The molecule has 0 bridgehead atoms. The number of nitrogens with zero attached hydrogens (tertiary/aromatic N) is 1. The van der Waals surface area contributed by atoms with Crippen molar-refractivity contribution < 1.29 is 9.59 Å². The molecule has 0 radical (unpaired) electrons. The first-order valence-corrected chi connectivity index (χ1v) is 11.4. The summed E-state index contributed by atoms with van der Waals surface area (Å²) in [6, 6.07) is 11.6. The highest BCUT2D eigenvalue weighted by Gasteiger charge is 2.41. The van der Waals surface area contributed by atoms with E-state index >= 15 is 0 Å². The molecular formula is C27H36N2O2. The van der Waals surface area contributed by atoms with E-state index in [9.17, 15) is 9.59 Å². The van der Waals surface area contributed by atoms with Gasteiger partial charge in [-0.05, 0) is 55.9 Å². The van der Waals surface area contributed by atoms with Crippen molar-refractivity contribution in [2.24, 2.45) is 5.41 Å². The molecule has 1 aliphatic rings. The average molecular weight is 421 g/mol. The molecule has 1 aliphatic heterocycles. The van der Waals surface area contributed by atoms with Gasteiger partial charge in [-0.25, -0.2) is 0 Å². The number of fused-ring (bicyclic) bond motifs is 1. The highest BCUT2D eigenvalue weighted by Crippen LogP contribution is 2.36. The van der Waals surface area contributed by atoms with Gasteiger partial charge in [-0.15, -0.1) is 0 Å². The van der Waals surface area contributed by atoms with Gasteiger partial charge >= 0.3 is 0 Å². The molecule has 1 heterocycles. The van der Waals surface area contributed by atoms with Crippen molar-refractivity contribution in [3.8, 4) is 0 Å². The fourth-order valence-corrected chi connectivity index (χ4v) is 4.75. The predicted octanol–water partition coefficient (Wildman–Crippen LogP) is 5.89. The van der Waals surface area contributed by atoms with Crippen molar-refractivity contribution in [1.29, 1.82) is 0 Å². The number of hydrogen-bond donors (Lipinski definition) is 1. The standard InChI is InChI=1S/C27H36N2O2/c1-7-8-14-27(5,6)26(31)29-15-13-21-11-9-10-12-22(21)24(29)25(30)28-23-19(3)16-18(2)17-20(23)4/h9-12,16-17,24H,7-8,13-15H2,1-6H3,(H,28,30). The number of benzene rings is 2. The second-order valence-corrected chi connectivity index (χ2v) is 9.60. The molecule has 4 heteroatoms. The molecule has 3 rings (SSSR count). The van der Waals surface area contributed by atoms with Gasteiger partial charge in [0.2, 0.25) is 5.91 Å². The molecule has 0 fully saturated rings. The summed E-state index contributed by atoms with van der Waals surface area (Å²) in [6.45, 7) is 12.8. The molecule has 0 saturated carbocycles. The Morgan fingerprint density at radius 2 is 1.74 bits per heavy atom. The van der Waals surface area contributed by atoms with E-state index in [4.69, 9.17) is 0 Å². The normalized spacial score (nSPS) is 16.1. The average Bonchev–Trinajstić information content (AvgIpc) is 2.73. The molecule has 0 spiro atoms. The van der Waals surface area contributed by atoms with Crippen LogP contribution >= 0.6 is 0 Å². The van der Waals surface area contributed by atoms with E-state index < -0.39 is 11.5 Å². The summed E-state index contributed by atoms with van der Waals surface area (Å²) in [5, 5.41) is 3.16. The number of amides is 2. The van der Waals surface area contributed by atoms with Crippen LogP contribution in [0, 0.1) is 26.2 Å². The van der Waals surface area contributed by atoms with E-state index in [0.717, 1.165) is 53.6 Å². The summed E-state index contributed by atoms with van der Waals surface area (Å²) in [5.41, 5.74) is 5.69. The summed E-state index contributed by atoms with van der Waals surface area (Å²) >= 11 is 0. The van der Waals surface area contributed by atoms with Crippen molar-refractivity contribution in [2.45, 2.75) is 73.3 Å². The molecule has 2 aromatic carbocycles. The number of anilines is 1. The van der Waals surface area contributed by atoms with E-state index in [0.29, 0.717) is 6.54 Å². The molecule has 0 aromatic heterocycles. The first kappa shape index (κ1) is 23.1. The summed E-state index contributed by atoms with van der Waals surface area (Å²) in [6.07, 6.45) is 3.65. The van der Waals surface area contributed by atoms with E-state index in [1.165, 1.54) is 5.56 Å². The van der Waals surface area contributed by atoms with Crippen LogP contribution in [0.3, 0.4) is 0 Å². The topological polar surface area (TPSA) is 49.4 Å². The van der Waals surface area contributed by atoms with E-state index in [1.54, 1.807) is 0 Å². The molecule has 4 nitrogen and oxygen atoms in total. The van der Waals surface area contributed by atoms with Crippen molar-refractivity contribution in [2.75, 3.05) is 11.9 Å². The third-order valence-electron chi connectivity index (χ3n) is 6.45. The van der Waals surface area contributed by atoms with Crippen LogP contribution in [0.5, 0.6) is 0 Å². The third kappa shape index (κ3) is 4.84. The fourth-order valence-electron chi connectivity index (χ4n) is 4.75. The van der Waals surface area contributed by atoms with Crippen LogP contribution < -0.4 is 5.32 Å². The first-order chi connectivity index (χ1) is 14.7. The zero-order chi connectivity index (χ0) is 22.8. The molecule has 1 atom stereocenters. The SMILES string of the molecule is CCCCC(C)(C)C(=O)N1CCc2ccccc2C1C(=O)Nc1c(C)cc(C)cc1C. The van der Waals surface area contributed by atoms with Crippen molar-refractivity contribution in [3.63, 3.8) is 0 Å². The lowest BCUT2D eigenvalue weighted by Gasteiger charge is -2.40. The van der Waals surface area contributed by atoms with Crippen LogP contribution in [0.25, 0.3) is 0 Å². The number of aryl methyl sites for hydroxylation is 3. The Bertz CT molecular complexity index is 954. The first-order valence-electron chi connectivity index (χ1n) is 11.4. The molecule has 166 valence electrons. The van der Waals surface area contributed by atoms with Gasteiger partial charge in [0, 0.05) is 17.6 Å². The van der Waals surface area contributed by atoms with Crippen LogP contribution in [0.15, 0.2) is 36.4 Å². The van der Waals surface area contributed by atoms with Gasteiger partial charge < -0.3 is 10.2 Å². The van der Waals surface area contributed by atoms with Crippen molar-refractivity contribution in [1.82, 2.24) is 4.90 Å². The van der Waals surface area contributed by atoms with Gasteiger partial charge in [-0.3, -0.25) is 9.59 Å². The molecule has 2 amide bonds. The number of rotatable bonds is 6. The monoisotopic (exact) mass is 420 g/mol. The van der Waals surface area contributed by atoms with Crippen LogP contribution in [-0.4, -0.2) is 23.3 Å². The minimum Gasteiger partial charge on any atom is -0.326 e. The lowest BCUT2D eigenvalue weighted by molar-refractivity contribution is -0.147. The highest BCUT2D eigenvalue weighted by atomic mass is 16.2. The molecule has 0 saturated heterocycles. The number of carbonyl (C=O) groups is 2. The predicted molar refractivity (Wildman–Crippen MR) is 127 cm³/mol. The minimum absolute atomic E-state index is 0.0629. The van der Waals surface area contributed by atoms with Crippen LogP contribution in [-0.2, 0) is 16.0 Å². The van der Waals surface area contributed by atoms with Gasteiger partial charge in [0.05, 0.1) is 0 Å². The zero-order valence-electron chi connectivity index (χ0n) is 19.8. The van der Waals surface area contributed by atoms with Gasteiger partial charge in [0.15, 0.2) is 0 Å². The number of hydrogen-bond acceptors (Lipinski definition) is 2. The zero-order valence-corrected chi connectivity index (χ0v) is 19.8. The lowest BCUT2D eigenvalue weighted by Crippen LogP contribution is -2.50. The molecule has 0 aliphatic carbocycles. The Morgan fingerprint density at radius 1 is 1.10 bits per heavy atom. The van der Waals surface area contributed by atoms with Crippen LogP contribution in [0.4, 0.5) is 5.69 Å². The summed E-state index contributed by atoms with van der Waals surface area (Å²) in [5.74, 6) is -0.0743. The van der Waals surface area contributed by atoms with E-state index in [2.05, 4.69) is 37.4 Å². The molecule has 1 N–H and O–H groups in total. The highest BCUT2D eigenvalue weighted by molar-refractivity contribution is 6.00. The summed E-state index contributed by atoms with van der Waals surface area (Å²) in [7, 11) is 0. The molecular weight excluding hydrogens is 384 g/mol. The van der Waals surface area contributed by atoms with Crippen LogP contribution in [0.1, 0.15) is 73.9 Å². The van der Waals surface area contributed by atoms with Gasteiger partial charge in [-0.1, -0.05) is 75.6 Å². The van der Waals surface area contributed by atoms with Gasteiger partial charge in [0.25, 0.3) is 5.91 Å². The van der Waals surface area contributed by atoms with E-state index in [-0.39, 0.29) is 11.8 Å². The second kappa shape index (κ2) is 9.25. The Hall–Kier alpha value is -2.62. The quantitative estimate of drug-likeness (QED) is 0.633. The largest absolute Gasteiger partial charge is 0.326 e. The number of carbonyl (C=O) groups excluding carboxylic acids is 2. The lowest BCUT2D eigenvalue weighted by atomic mass is 9.83. The van der Waals surface area contributed by atoms with Gasteiger partial charge in [0.1, 0.15) is 6.04 Å².